The van der Waals surface area contributed by atoms with Crippen molar-refractivity contribution in [1.82, 2.24) is 0 Å². The highest BCUT2D eigenvalue weighted by atomic mass is 35.5. The molecule has 0 aliphatic carbocycles. The first kappa shape index (κ1) is 13.5. The Kier molecular flexibility index (Phi) is 5.23. The third-order valence-corrected chi connectivity index (χ3v) is 2.78. The van der Waals surface area contributed by atoms with Crippen molar-refractivity contribution in [1.29, 1.82) is 0 Å². The van der Waals surface area contributed by atoms with Crippen molar-refractivity contribution < 1.29 is 9.50 Å². The van der Waals surface area contributed by atoms with E-state index < -0.39 is 5.82 Å². The van der Waals surface area contributed by atoms with Gasteiger partial charge in [-0.3, -0.25) is 0 Å². The zero-order chi connectivity index (χ0) is 12.1. The van der Waals surface area contributed by atoms with Crippen LogP contribution in [0.2, 0.25) is 5.02 Å². The summed E-state index contributed by atoms with van der Waals surface area (Å²) in [5.74, 6) is 0.0972. The van der Waals surface area contributed by atoms with Crippen LogP contribution >= 0.6 is 11.6 Å². The third kappa shape index (κ3) is 4.50. The lowest BCUT2D eigenvalue weighted by molar-refractivity contribution is 0.140. The quantitative estimate of drug-likeness (QED) is 0.835. The SMILES string of the molecule is CC(C)CC(O)CCc1ccc(F)c(Cl)c1. The molecule has 0 bridgehead atoms. The fraction of sp³-hybridized carbons (Fsp3) is 0.538. The Hall–Kier alpha value is -0.600. The molecule has 0 amide bonds. The minimum Gasteiger partial charge on any atom is -0.393 e. The van der Waals surface area contributed by atoms with Crippen LogP contribution in [0.4, 0.5) is 4.39 Å². The topological polar surface area (TPSA) is 20.2 Å². The van der Waals surface area contributed by atoms with Gasteiger partial charge in [0.2, 0.25) is 0 Å². The van der Waals surface area contributed by atoms with Gasteiger partial charge < -0.3 is 5.11 Å². The van der Waals surface area contributed by atoms with Gasteiger partial charge in [-0.1, -0.05) is 31.5 Å². The predicted molar refractivity (Wildman–Crippen MR) is 65.2 cm³/mol. The normalized spacial score (nSPS) is 13.1. The monoisotopic (exact) mass is 244 g/mol. The van der Waals surface area contributed by atoms with E-state index in [0.717, 1.165) is 18.4 Å². The zero-order valence-corrected chi connectivity index (χ0v) is 10.5. The summed E-state index contributed by atoms with van der Waals surface area (Å²) in [4.78, 5) is 0. The van der Waals surface area contributed by atoms with Crippen LogP contribution in [-0.2, 0) is 6.42 Å². The molecule has 0 fully saturated rings. The van der Waals surface area contributed by atoms with Crippen molar-refractivity contribution >= 4 is 11.6 Å². The Morgan fingerprint density at radius 2 is 2.06 bits per heavy atom. The summed E-state index contributed by atoms with van der Waals surface area (Å²) >= 11 is 5.68. The number of aliphatic hydroxyl groups excluding tert-OH is 1. The van der Waals surface area contributed by atoms with E-state index in [2.05, 4.69) is 13.8 Å². The van der Waals surface area contributed by atoms with Crippen molar-refractivity contribution in [2.75, 3.05) is 0 Å². The van der Waals surface area contributed by atoms with Crippen LogP contribution in [0.25, 0.3) is 0 Å². The molecule has 1 aromatic carbocycles. The van der Waals surface area contributed by atoms with Crippen molar-refractivity contribution in [2.24, 2.45) is 5.92 Å². The number of hydrogen-bond acceptors (Lipinski definition) is 1. The fourth-order valence-electron chi connectivity index (χ4n) is 1.69. The first-order chi connectivity index (χ1) is 7.49. The Morgan fingerprint density at radius 3 is 2.62 bits per heavy atom. The molecule has 3 heteroatoms. The number of benzene rings is 1. The van der Waals surface area contributed by atoms with Crippen molar-refractivity contribution in [3.05, 3.63) is 34.6 Å². The lowest BCUT2D eigenvalue weighted by Crippen LogP contribution is -2.11. The molecule has 1 aromatic rings. The summed E-state index contributed by atoms with van der Waals surface area (Å²) in [6.07, 6.45) is 1.94. The van der Waals surface area contributed by atoms with Gasteiger partial charge in [0, 0.05) is 0 Å². The van der Waals surface area contributed by atoms with E-state index in [1.54, 1.807) is 12.1 Å². The molecular weight excluding hydrogens is 227 g/mol. The molecule has 0 aromatic heterocycles. The molecule has 1 nitrogen and oxygen atoms in total. The van der Waals surface area contributed by atoms with E-state index in [1.165, 1.54) is 6.07 Å². The van der Waals surface area contributed by atoms with Crippen molar-refractivity contribution in [3.63, 3.8) is 0 Å². The summed E-state index contributed by atoms with van der Waals surface area (Å²) in [7, 11) is 0. The van der Waals surface area contributed by atoms with E-state index >= 15 is 0 Å². The van der Waals surface area contributed by atoms with Crippen LogP contribution in [0, 0.1) is 11.7 Å². The number of aliphatic hydroxyl groups is 1. The van der Waals surface area contributed by atoms with E-state index in [4.69, 9.17) is 11.6 Å². The second kappa shape index (κ2) is 6.21. The summed E-state index contributed by atoms with van der Waals surface area (Å²) in [5.41, 5.74) is 0.967. The molecule has 0 radical (unpaired) electrons. The Morgan fingerprint density at radius 1 is 1.38 bits per heavy atom. The molecule has 1 unspecified atom stereocenters. The lowest BCUT2D eigenvalue weighted by Gasteiger charge is -2.12. The van der Waals surface area contributed by atoms with Crippen LogP contribution < -0.4 is 0 Å². The number of halogens is 2. The highest BCUT2D eigenvalue weighted by Gasteiger charge is 2.08. The predicted octanol–water partition coefficient (Wildman–Crippen LogP) is 3.82. The summed E-state index contributed by atoms with van der Waals surface area (Å²) < 4.78 is 12.9. The minimum atomic E-state index is -0.395. The third-order valence-electron chi connectivity index (χ3n) is 2.49. The van der Waals surface area contributed by atoms with Crippen LogP contribution in [0.5, 0.6) is 0 Å². The van der Waals surface area contributed by atoms with E-state index in [0.29, 0.717) is 12.3 Å². The van der Waals surface area contributed by atoms with Crippen molar-refractivity contribution in [3.8, 4) is 0 Å². The van der Waals surface area contributed by atoms with Gasteiger partial charge in [-0.2, -0.15) is 0 Å². The van der Waals surface area contributed by atoms with Gasteiger partial charge in [-0.25, -0.2) is 4.39 Å². The van der Waals surface area contributed by atoms with Crippen molar-refractivity contribution in [2.45, 2.75) is 39.2 Å². The molecule has 90 valence electrons. The minimum absolute atomic E-state index is 0.149. The molecule has 1 atom stereocenters. The standard InChI is InChI=1S/C13H18ClFO/c1-9(2)7-11(16)5-3-10-4-6-13(15)12(14)8-10/h4,6,8-9,11,16H,3,5,7H2,1-2H3. The average molecular weight is 245 g/mol. The smallest absolute Gasteiger partial charge is 0.141 e. The summed E-state index contributed by atoms with van der Waals surface area (Å²) in [6.45, 7) is 4.16. The number of hydrogen-bond donors (Lipinski definition) is 1. The number of aryl methyl sites for hydroxylation is 1. The van der Waals surface area contributed by atoms with Crippen LogP contribution in [0.1, 0.15) is 32.3 Å². The van der Waals surface area contributed by atoms with Gasteiger partial charge in [0.15, 0.2) is 0 Å². The number of rotatable bonds is 5. The molecule has 0 spiro atoms. The first-order valence-electron chi connectivity index (χ1n) is 5.61. The maximum Gasteiger partial charge on any atom is 0.141 e. The molecule has 16 heavy (non-hydrogen) atoms. The van der Waals surface area contributed by atoms with Gasteiger partial charge in [-0.05, 0) is 42.9 Å². The Labute approximate surface area is 101 Å². The highest BCUT2D eigenvalue weighted by Crippen LogP contribution is 2.18. The van der Waals surface area contributed by atoms with Crippen LogP contribution in [0.3, 0.4) is 0 Å². The second-order valence-corrected chi connectivity index (χ2v) is 4.98. The van der Waals surface area contributed by atoms with Gasteiger partial charge in [0.25, 0.3) is 0 Å². The molecule has 0 aliphatic rings. The summed E-state index contributed by atoms with van der Waals surface area (Å²) in [6, 6.07) is 4.70. The summed E-state index contributed by atoms with van der Waals surface area (Å²) in [5, 5.41) is 9.85. The van der Waals surface area contributed by atoms with E-state index in [-0.39, 0.29) is 11.1 Å². The van der Waals surface area contributed by atoms with Gasteiger partial charge in [0.1, 0.15) is 5.82 Å². The fourth-order valence-corrected chi connectivity index (χ4v) is 1.89. The van der Waals surface area contributed by atoms with Crippen LogP contribution in [0.15, 0.2) is 18.2 Å². The lowest BCUT2D eigenvalue weighted by atomic mass is 10.00. The Balaban J connectivity index is 2.45. The van der Waals surface area contributed by atoms with Gasteiger partial charge >= 0.3 is 0 Å². The molecule has 1 rings (SSSR count). The van der Waals surface area contributed by atoms with Gasteiger partial charge in [-0.15, -0.1) is 0 Å². The Bertz CT molecular complexity index is 339. The van der Waals surface area contributed by atoms with Gasteiger partial charge in [0.05, 0.1) is 11.1 Å². The largest absolute Gasteiger partial charge is 0.393 e. The second-order valence-electron chi connectivity index (χ2n) is 4.57. The highest BCUT2D eigenvalue weighted by molar-refractivity contribution is 6.30. The molecule has 0 saturated heterocycles. The maximum atomic E-state index is 12.9. The molecule has 0 aliphatic heterocycles. The molecule has 0 heterocycles. The molecular formula is C13H18ClFO. The van der Waals surface area contributed by atoms with E-state index in [1.807, 2.05) is 0 Å². The molecule has 1 N–H and O–H groups in total. The molecule has 0 saturated carbocycles. The maximum absolute atomic E-state index is 12.9. The average Bonchev–Trinajstić information content (AvgIpc) is 2.19. The van der Waals surface area contributed by atoms with Crippen LogP contribution in [-0.4, -0.2) is 11.2 Å². The first-order valence-corrected chi connectivity index (χ1v) is 5.99. The van der Waals surface area contributed by atoms with E-state index in [9.17, 15) is 9.50 Å². The zero-order valence-electron chi connectivity index (χ0n) is 9.71.